The van der Waals surface area contributed by atoms with Gasteiger partial charge < -0.3 is 5.48 Å². The minimum atomic E-state index is 0. The van der Waals surface area contributed by atoms with Gasteiger partial charge in [-0.15, -0.1) is 0 Å². The number of rotatable bonds is 0. The Kier molecular flexibility index (Phi) is 367. The summed E-state index contributed by atoms with van der Waals surface area (Å²) in [4.78, 5) is 0. The van der Waals surface area contributed by atoms with Crippen LogP contribution in [-0.4, -0.2) is 58.9 Å². The minimum Gasteiger partial charge on any atom is 0 e. The van der Waals surface area contributed by atoms with E-state index in [4.69, 9.17) is 0 Å². The fourth-order valence-corrected chi connectivity index (χ4v) is 0. The van der Waals surface area contributed by atoms with Crippen LogP contribution in [0.3, 0.4) is 0 Å². The van der Waals surface area contributed by atoms with Gasteiger partial charge in [0.2, 0.25) is 0 Å². The van der Waals surface area contributed by atoms with E-state index >= 15 is 0 Å². The van der Waals surface area contributed by atoms with E-state index in [9.17, 15) is 0 Å². The van der Waals surface area contributed by atoms with Gasteiger partial charge in [0.15, 0.2) is 0 Å². The molecule has 2 N–H and O–H groups in total. The zero-order valence-electron chi connectivity index (χ0n) is 2.40. The molecule has 0 saturated carbocycles. The van der Waals surface area contributed by atoms with Gasteiger partial charge in [-0.3, -0.25) is 0 Å². The molecule has 0 aromatic rings. The molecule has 0 atom stereocenters. The molecular formula is H5MnNaNiOSnTi. The maximum Gasteiger partial charge on any atom is 0 e. The second-order valence-electron chi connectivity index (χ2n) is 0. The van der Waals surface area contributed by atoms with Crippen molar-refractivity contribution in [1.29, 1.82) is 0 Å². The SMILES string of the molecule is O.[Mn].[NaH].[Ni].[SnH2].[Ti]. The minimum absolute atomic E-state index is 0. The fraction of sp³-hybridized carbons (Fsp3) is 0. The van der Waals surface area contributed by atoms with Crippen molar-refractivity contribution in [1.82, 2.24) is 0 Å². The van der Waals surface area contributed by atoms with Crippen molar-refractivity contribution in [2.45, 2.75) is 0 Å². The quantitative estimate of drug-likeness (QED) is 0.445. The smallest absolute Gasteiger partial charge is 0 e. The van der Waals surface area contributed by atoms with E-state index in [1.165, 1.54) is 0 Å². The van der Waals surface area contributed by atoms with Crippen LogP contribution in [0.25, 0.3) is 0 Å². The Hall–Kier alpha value is 3.49. The van der Waals surface area contributed by atoms with Crippen LogP contribution in [-0.2, 0) is 55.3 Å². The third-order valence-corrected chi connectivity index (χ3v) is 0. The first-order valence-corrected chi connectivity index (χ1v) is 0. The Labute approximate surface area is 112 Å². The standard InChI is InChI=1S/Mn.Na.Ni.H2O.Sn.Ti.3H/h;;;1H2;;;;;. The van der Waals surface area contributed by atoms with E-state index in [0.717, 1.165) is 0 Å². The molecule has 0 aromatic carbocycles. The molecule has 0 bridgehead atoms. The zero-order valence-corrected chi connectivity index (χ0v) is 10.2. The van der Waals surface area contributed by atoms with Crippen LogP contribution in [0.1, 0.15) is 0 Å². The predicted octanol–water partition coefficient (Wildman–Crippen LogP) is -2.40. The summed E-state index contributed by atoms with van der Waals surface area (Å²) in [5.41, 5.74) is 0. The molecular weight excluding hydrogens is 319 g/mol. The summed E-state index contributed by atoms with van der Waals surface area (Å²) in [6.07, 6.45) is 0. The molecule has 0 heterocycles. The molecule has 0 rings (SSSR count). The molecule has 0 aliphatic heterocycles. The van der Waals surface area contributed by atoms with E-state index in [1.54, 1.807) is 0 Å². The summed E-state index contributed by atoms with van der Waals surface area (Å²) < 4.78 is 0. The molecule has 0 aliphatic carbocycles. The Balaban J connectivity index is 0. The van der Waals surface area contributed by atoms with Crippen LogP contribution in [0, 0.1) is 0 Å². The van der Waals surface area contributed by atoms with Gasteiger partial charge in [0.05, 0.1) is 0 Å². The van der Waals surface area contributed by atoms with E-state index in [1.807, 2.05) is 0 Å². The summed E-state index contributed by atoms with van der Waals surface area (Å²) >= 11 is 0. The molecule has 0 amide bonds. The van der Waals surface area contributed by atoms with Gasteiger partial charge in [0.25, 0.3) is 0 Å². The first kappa shape index (κ1) is 56.2. The van der Waals surface area contributed by atoms with E-state index in [2.05, 4.69) is 0 Å². The second kappa shape index (κ2) is 39.1. The molecule has 0 spiro atoms. The first-order chi connectivity index (χ1) is 0. The number of hydrogen-bond acceptors (Lipinski definition) is 0. The summed E-state index contributed by atoms with van der Waals surface area (Å²) in [6.45, 7) is 0. The largest absolute Gasteiger partial charge is 0 e. The van der Waals surface area contributed by atoms with E-state index < -0.39 is 0 Å². The van der Waals surface area contributed by atoms with Gasteiger partial charge in [-0.2, -0.15) is 0 Å². The monoisotopic (exact) mass is 325 g/mol. The van der Waals surface area contributed by atoms with E-state index in [0.29, 0.717) is 0 Å². The fourth-order valence-electron chi connectivity index (χ4n) is 0. The summed E-state index contributed by atoms with van der Waals surface area (Å²) in [5.74, 6) is 0. The average Bonchev–Trinajstić information content (AvgIpc) is 0. The molecule has 0 saturated heterocycles. The zero-order chi connectivity index (χ0) is 0. The average molecular weight is 324 g/mol. The van der Waals surface area contributed by atoms with Crippen LogP contribution in [0.5, 0.6) is 0 Å². The van der Waals surface area contributed by atoms with Crippen molar-refractivity contribution >= 4 is 53.5 Å². The van der Waals surface area contributed by atoms with Gasteiger partial charge in [-0.25, -0.2) is 0 Å². The molecule has 0 aliphatic rings. The van der Waals surface area contributed by atoms with Crippen molar-refractivity contribution in [2.24, 2.45) is 0 Å². The third kappa shape index (κ3) is 25.9. The Morgan fingerprint density at radius 3 is 1.00 bits per heavy atom. The van der Waals surface area contributed by atoms with Crippen LogP contribution in [0.4, 0.5) is 0 Å². The maximum absolute atomic E-state index is 0. The molecule has 6 heteroatoms. The Bertz CT molecular complexity index is 15.5. The van der Waals surface area contributed by atoms with Gasteiger partial charge in [0, 0.05) is 55.3 Å². The molecule has 3 radical (unpaired) electrons. The summed E-state index contributed by atoms with van der Waals surface area (Å²) in [7, 11) is 0. The van der Waals surface area contributed by atoms with Crippen LogP contribution < -0.4 is 0 Å². The third-order valence-electron chi connectivity index (χ3n) is 0. The van der Waals surface area contributed by atoms with Gasteiger partial charge in [-0.1, -0.05) is 0 Å². The first-order valence-electron chi connectivity index (χ1n) is 0. The van der Waals surface area contributed by atoms with E-state index in [-0.39, 0.29) is 114 Å². The van der Waals surface area contributed by atoms with Crippen LogP contribution in [0.2, 0.25) is 0 Å². The maximum atomic E-state index is 0. The van der Waals surface area contributed by atoms with Crippen LogP contribution >= 0.6 is 0 Å². The van der Waals surface area contributed by atoms with Crippen molar-refractivity contribution in [3.63, 3.8) is 0 Å². The Morgan fingerprint density at radius 1 is 1.00 bits per heavy atom. The van der Waals surface area contributed by atoms with Crippen molar-refractivity contribution < 1.29 is 60.8 Å². The topological polar surface area (TPSA) is 31.5 Å². The van der Waals surface area contributed by atoms with Gasteiger partial charge >= 0.3 is 53.5 Å². The van der Waals surface area contributed by atoms with Crippen molar-refractivity contribution in [3.05, 3.63) is 0 Å². The summed E-state index contributed by atoms with van der Waals surface area (Å²) in [6, 6.07) is 0. The molecule has 0 fully saturated rings. The molecule has 6 heavy (non-hydrogen) atoms. The Morgan fingerprint density at radius 2 is 1.00 bits per heavy atom. The van der Waals surface area contributed by atoms with Gasteiger partial charge in [0.1, 0.15) is 0 Å². The molecule has 0 aromatic heterocycles. The molecule has 1 nitrogen and oxygen atoms in total. The number of hydrogen-bond donors (Lipinski definition) is 0. The van der Waals surface area contributed by atoms with Crippen molar-refractivity contribution in [2.75, 3.05) is 0 Å². The normalized spacial score (nSPS) is 0. The molecule has 0 unspecified atom stereocenters. The van der Waals surface area contributed by atoms with Crippen LogP contribution in [0.15, 0.2) is 0 Å². The molecule has 37 valence electrons. The summed E-state index contributed by atoms with van der Waals surface area (Å²) in [5, 5.41) is 0. The van der Waals surface area contributed by atoms with Crippen molar-refractivity contribution in [3.8, 4) is 0 Å². The van der Waals surface area contributed by atoms with Gasteiger partial charge in [-0.05, 0) is 0 Å². The second-order valence-corrected chi connectivity index (χ2v) is 0. The predicted molar refractivity (Wildman–Crippen MR) is 19.3 cm³/mol.